The smallest absolute Gasteiger partial charge is 0.0992 e. The molecule has 3 heterocycles. The molecule has 0 radical (unpaired) electrons. The van der Waals surface area contributed by atoms with Gasteiger partial charge in [-0.05, 0) is 54.6 Å². The fraction of sp³-hybridized carbons (Fsp3) is 0. The molecule has 0 amide bonds. The number of nitrogens with zero attached hydrogens (tertiary/aromatic N) is 3. The second kappa shape index (κ2) is 8.32. The summed E-state index contributed by atoms with van der Waals surface area (Å²) in [7, 11) is 0. The zero-order chi connectivity index (χ0) is 27.1. The van der Waals surface area contributed by atoms with Crippen LogP contribution in [-0.4, -0.2) is 9.13 Å². The first-order chi connectivity index (χ1) is 20.3. The predicted molar refractivity (Wildman–Crippen MR) is 173 cm³/mol. The van der Waals surface area contributed by atoms with E-state index in [9.17, 15) is 5.26 Å². The van der Waals surface area contributed by atoms with E-state index in [2.05, 4.69) is 130 Å². The van der Waals surface area contributed by atoms with Gasteiger partial charge >= 0.3 is 0 Å². The van der Waals surface area contributed by atoms with E-state index >= 15 is 0 Å². The summed E-state index contributed by atoms with van der Waals surface area (Å²) in [6.07, 6.45) is 0. The Labute approximate surface area is 239 Å². The maximum Gasteiger partial charge on any atom is 0.0992 e. The zero-order valence-electron chi connectivity index (χ0n) is 21.9. The second-order valence-corrected chi connectivity index (χ2v) is 11.6. The molecule has 0 unspecified atom stereocenters. The van der Waals surface area contributed by atoms with Crippen molar-refractivity contribution in [3.8, 4) is 17.4 Å². The highest BCUT2D eigenvalue weighted by molar-refractivity contribution is 7.26. The molecule has 0 saturated heterocycles. The van der Waals surface area contributed by atoms with Crippen LogP contribution in [0.15, 0.2) is 127 Å². The molecule has 41 heavy (non-hydrogen) atoms. The van der Waals surface area contributed by atoms with Crippen LogP contribution in [-0.2, 0) is 0 Å². The Morgan fingerprint density at radius 2 is 1.15 bits per heavy atom. The molecular formula is C37H21N3S. The van der Waals surface area contributed by atoms with Gasteiger partial charge in [-0.3, -0.25) is 0 Å². The van der Waals surface area contributed by atoms with Gasteiger partial charge in [0.2, 0.25) is 0 Å². The molecule has 0 fully saturated rings. The molecule has 0 spiro atoms. The van der Waals surface area contributed by atoms with E-state index in [1.54, 1.807) is 0 Å². The van der Waals surface area contributed by atoms with Crippen LogP contribution in [0.1, 0.15) is 5.56 Å². The van der Waals surface area contributed by atoms with Crippen LogP contribution in [0, 0.1) is 11.3 Å². The Morgan fingerprint density at radius 1 is 0.488 bits per heavy atom. The average Bonchev–Trinajstić information content (AvgIpc) is 3.68. The van der Waals surface area contributed by atoms with Gasteiger partial charge in [-0.1, -0.05) is 72.8 Å². The van der Waals surface area contributed by atoms with Crippen LogP contribution >= 0.6 is 11.3 Å². The predicted octanol–water partition coefficient (Wildman–Crippen LogP) is 10.1. The molecule has 0 aliphatic carbocycles. The average molecular weight is 540 g/mol. The van der Waals surface area contributed by atoms with Crippen molar-refractivity contribution in [3.63, 3.8) is 0 Å². The highest BCUT2D eigenvalue weighted by Gasteiger charge is 2.18. The lowest BCUT2D eigenvalue weighted by Gasteiger charge is -2.11. The van der Waals surface area contributed by atoms with Crippen LogP contribution in [0.2, 0.25) is 0 Å². The molecule has 9 rings (SSSR count). The van der Waals surface area contributed by atoms with Gasteiger partial charge < -0.3 is 9.13 Å². The van der Waals surface area contributed by atoms with Gasteiger partial charge in [0, 0.05) is 42.7 Å². The third-order valence-electron chi connectivity index (χ3n) is 8.34. The molecule has 0 aliphatic heterocycles. The van der Waals surface area contributed by atoms with Crippen LogP contribution in [0.5, 0.6) is 0 Å². The van der Waals surface area contributed by atoms with Crippen molar-refractivity contribution in [1.29, 1.82) is 5.26 Å². The van der Waals surface area contributed by atoms with Gasteiger partial charge in [0.15, 0.2) is 0 Å². The molecule has 3 aromatic heterocycles. The molecular weight excluding hydrogens is 518 g/mol. The first kappa shape index (κ1) is 22.4. The number of aromatic nitrogens is 2. The van der Waals surface area contributed by atoms with Gasteiger partial charge in [-0.2, -0.15) is 5.26 Å². The summed E-state index contributed by atoms with van der Waals surface area (Å²) in [6, 6.07) is 47.6. The Morgan fingerprint density at radius 3 is 1.98 bits per heavy atom. The van der Waals surface area contributed by atoms with E-state index in [1.807, 2.05) is 23.5 Å². The lowest BCUT2D eigenvalue weighted by atomic mass is 10.1. The minimum absolute atomic E-state index is 0.663. The Balaban J connectivity index is 1.37. The van der Waals surface area contributed by atoms with Crippen LogP contribution in [0.25, 0.3) is 75.2 Å². The monoisotopic (exact) mass is 539 g/mol. The van der Waals surface area contributed by atoms with Crippen molar-refractivity contribution in [2.45, 2.75) is 0 Å². The number of rotatable bonds is 2. The molecule has 0 saturated carbocycles. The number of benzene rings is 6. The summed E-state index contributed by atoms with van der Waals surface area (Å²) in [4.78, 5) is 0. The number of hydrogen-bond acceptors (Lipinski definition) is 2. The fourth-order valence-electron chi connectivity index (χ4n) is 6.59. The van der Waals surface area contributed by atoms with E-state index in [-0.39, 0.29) is 0 Å². The third-order valence-corrected chi connectivity index (χ3v) is 9.55. The summed E-state index contributed by atoms with van der Waals surface area (Å²) in [5, 5.41) is 17.0. The Hall–Kier alpha value is -5.37. The van der Waals surface area contributed by atoms with E-state index in [1.165, 1.54) is 53.1 Å². The molecule has 190 valence electrons. The normalized spacial score (nSPS) is 11.9. The number of thiophene rings is 1. The molecule has 0 aliphatic rings. The number of nitriles is 1. The molecule has 0 atom stereocenters. The molecule has 6 aromatic carbocycles. The van der Waals surface area contributed by atoms with Gasteiger partial charge in [0.25, 0.3) is 0 Å². The molecule has 0 bridgehead atoms. The summed E-state index contributed by atoms with van der Waals surface area (Å²) in [5.74, 6) is 0. The number of fused-ring (bicyclic) bond motifs is 9. The lowest BCUT2D eigenvalue weighted by Crippen LogP contribution is -1.96. The van der Waals surface area contributed by atoms with Crippen LogP contribution in [0.4, 0.5) is 0 Å². The van der Waals surface area contributed by atoms with Crippen molar-refractivity contribution in [3.05, 3.63) is 133 Å². The first-order valence-electron chi connectivity index (χ1n) is 13.7. The summed E-state index contributed by atoms with van der Waals surface area (Å²) < 4.78 is 7.32. The minimum Gasteiger partial charge on any atom is -0.309 e. The molecule has 0 N–H and O–H groups in total. The SMILES string of the molecule is N#Cc1ccc2c3ccccc3n(-c3ccc4c(c3)c3ccccc3n4-c3cccc4c3sc3ccccc34)c2c1. The first-order valence-corrected chi connectivity index (χ1v) is 14.5. The van der Waals surface area contributed by atoms with E-state index in [0.717, 1.165) is 22.1 Å². The van der Waals surface area contributed by atoms with E-state index < -0.39 is 0 Å². The highest BCUT2D eigenvalue weighted by Crippen LogP contribution is 2.41. The van der Waals surface area contributed by atoms with Gasteiger partial charge in [0.1, 0.15) is 0 Å². The zero-order valence-corrected chi connectivity index (χ0v) is 22.7. The highest BCUT2D eigenvalue weighted by atomic mass is 32.1. The van der Waals surface area contributed by atoms with Gasteiger partial charge in [0.05, 0.1) is 44.1 Å². The van der Waals surface area contributed by atoms with Crippen molar-refractivity contribution in [2.24, 2.45) is 0 Å². The maximum absolute atomic E-state index is 9.66. The van der Waals surface area contributed by atoms with E-state index in [4.69, 9.17) is 0 Å². The van der Waals surface area contributed by atoms with E-state index in [0.29, 0.717) is 5.56 Å². The molecule has 9 aromatic rings. The summed E-state index contributed by atoms with van der Waals surface area (Å²) >= 11 is 1.86. The summed E-state index contributed by atoms with van der Waals surface area (Å²) in [6.45, 7) is 0. The topological polar surface area (TPSA) is 33.6 Å². The van der Waals surface area contributed by atoms with Crippen LogP contribution in [0.3, 0.4) is 0 Å². The summed E-state index contributed by atoms with van der Waals surface area (Å²) in [5.41, 5.74) is 7.51. The molecule has 3 nitrogen and oxygen atoms in total. The second-order valence-electron chi connectivity index (χ2n) is 10.5. The number of hydrogen-bond donors (Lipinski definition) is 0. The minimum atomic E-state index is 0.663. The van der Waals surface area contributed by atoms with Crippen LogP contribution < -0.4 is 0 Å². The Bertz CT molecular complexity index is 2550. The lowest BCUT2D eigenvalue weighted by molar-refractivity contribution is 1.17. The maximum atomic E-state index is 9.66. The quantitative estimate of drug-likeness (QED) is 0.215. The van der Waals surface area contributed by atoms with Crippen molar-refractivity contribution in [1.82, 2.24) is 9.13 Å². The fourth-order valence-corrected chi connectivity index (χ4v) is 7.79. The molecule has 4 heteroatoms. The largest absolute Gasteiger partial charge is 0.309 e. The Kier molecular flexibility index (Phi) is 4.55. The standard InChI is InChI=1S/C37H21N3S/c38-22-23-16-18-27-25-8-1-4-12-31(25)39(35(27)20-23)24-17-19-33-30(21-24)26-9-2-5-13-32(26)40(33)34-14-7-11-29-28-10-3-6-15-36(28)41-37(29)34/h1-21H. The van der Waals surface area contributed by atoms with Crippen molar-refractivity contribution in [2.75, 3.05) is 0 Å². The third kappa shape index (κ3) is 3.07. The van der Waals surface area contributed by atoms with Gasteiger partial charge in [-0.15, -0.1) is 11.3 Å². The van der Waals surface area contributed by atoms with Crippen molar-refractivity contribution >= 4 is 75.1 Å². The number of para-hydroxylation sites is 2. The van der Waals surface area contributed by atoms with Crippen molar-refractivity contribution < 1.29 is 0 Å². The van der Waals surface area contributed by atoms with Gasteiger partial charge in [-0.25, -0.2) is 0 Å².